The van der Waals surface area contributed by atoms with Gasteiger partial charge in [0.25, 0.3) is 0 Å². The summed E-state index contributed by atoms with van der Waals surface area (Å²) in [6, 6.07) is 16.1. The van der Waals surface area contributed by atoms with E-state index in [1.807, 2.05) is 36.4 Å². The molecule has 2 aromatic carbocycles. The normalized spacial score (nSPS) is 11.0. The van der Waals surface area contributed by atoms with Crippen molar-refractivity contribution < 1.29 is 4.79 Å². The second-order valence-electron chi connectivity index (χ2n) is 5.39. The summed E-state index contributed by atoms with van der Waals surface area (Å²) in [5.74, 6) is -0.0216. The molecular weight excluding hydrogens is 304 g/mol. The molecule has 0 atom stereocenters. The topological polar surface area (TPSA) is 42.0 Å². The van der Waals surface area contributed by atoms with Gasteiger partial charge in [-0.05, 0) is 22.4 Å². The zero-order valence-electron chi connectivity index (χ0n) is 12.3. The number of carbonyl (C=O) groups is 1. The fourth-order valence-electron chi connectivity index (χ4n) is 2.75. The number of fused-ring (bicyclic) bond motifs is 2. The Bertz CT molecular complexity index is 1000. The zero-order chi connectivity index (χ0) is 15.6. The van der Waals surface area contributed by atoms with Crippen LogP contribution >= 0.6 is 11.3 Å². The van der Waals surface area contributed by atoms with Crippen LogP contribution in [0.2, 0.25) is 0 Å². The van der Waals surface area contributed by atoms with E-state index >= 15 is 0 Å². The van der Waals surface area contributed by atoms with Crippen LogP contribution in [0, 0.1) is 0 Å². The number of thiophene rings is 1. The van der Waals surface area contributed by atoms with E-state index in [0.717, 1.165) is 27.4 Å². The number of benzene rings is 2. The smallest absolute Gasteiger partial charge is 0.228 e. The molecule has 2 aromatic heterocycles. The molecule has 0 aliphatic heterocycles. The predicted molar refractivity (Wildman–Crippen MR) is 95.9 cm³/mol. The minimum absolute atomic E-state index is 0.0216. The van der Waals surface area contributed by atoms with Gasteiger partial charge in [0.1, 0.15) is 0 Å². The van der Waals surface area contributed by atoms with E-state index in [1.54, 1.807) is 23.7 Å². The van der Waals surface area contributed by atoms with Crippen LogP contribution in [-0.4, -0.2) is 10.9 Å². The second kappa shape index (κ2) is 5.82. The number of aromatic nitrogens is 1. The Morgan fingerprint density at radius 3 is 2.70 bits per heavy atom. The molecule has 3 nitrogen and oxygen atoms in total. The third-order valence-corrected chi connectivity index (χ3v) is 4.87. The molecule has 23 heavy (non-hydrogen) atoms. The van der Waals surface area contributed by atoms with Crippen LogP contribution in [0.5, 0.6) is 0 Å². The number of nitrogens with zero attached hydrogens (tertiary/aromatic N) is 1. The number of hydrogen-bond donors (Lipinski definition) is 1. The van der Waals surface area contributed by atoms with E-state index in [1.165, 1.54) is 4.70 Å². The molecule has 0 aliphatic rings. The summed E-state index contributed by atoms with van der Waals surface area (Å²) in [7, 11) is 0. The highest BCUT2D eigenvalue weighted by Crippen LogP contribution is 2.27. The Kier molecular flexibility index (Phi) is 3.52. The first-order chi connectivity index (χ1) is 11.3. The fraction of sp³-hybridized carbons (Fsp3) is 0.0526. The second-order valence-corrected chi connectivity index (χ2v) is 6.30. The van der Waals surface area contributed by atoms with Crippen molar-refractivity contribution in [1.82, 2.24) is 4.98 Å². The standard InChI is InChI=1S/C19H14N2OS/c22-19(9-14-12-23-18-8-4-3-7-16(14)18)21-17-11-20-10-13-5-1-2-6-15(13)17/h1-8,10-12H,9H2,(H,21,22). The van der Waals surface area contributed by atoms with E-state index in [-0.39, 0.29) is 5.91 Å². The molecular formula is C19H14N2OS. The predicted octanol–water partition coefficient (Wildman–Crippen LogP) is 4.63. The molecule has 0 fully saturated rings. The van der Waals surface area contributed by atoms with Gasteiger partial charge < -0.3 is 5.32 Å². The SMILES string of the molecule is O=C(Cc1csc2ccccc12)Nc1cncc2ccccc12. The Morgan fingerprint density at radius 2 is 1.78 bits per heavy atom. The van der Waals surface area contributed by atoms with Crippen molar-refractivity contribution in [3.8, 4) is 0 Å². The minimum Gasteiger partial charge on any atom is -0.324 e. The van der Waals surface area contributed by atoms with Crippen molar-refractivity contribution in [3.63, 3.8) is 0 Å². The highest BCUT2D eigenvalue weighted by atomic mass is 32.1. The van der Waals surface area contributed by atoms with Crippen LogP contribution in [0.3, 0.4) is 0 Å². The number of anilines is 1. The van der Waals surface area contributed by atoms with E-state index in [0.29, 0.717) is 6.42 Å². The van der Waals surface area contributed by atoms with E-state index in [9.17, 15) is 4.79 Å². The van der Waals surface area contributed by atoms with Crippen LogP contribution in [0.4, 0.5) is 5.69 Å². The van der Waals surface area contributed by atoms with Gasteiger partial charge >= 0.3 is 0 Å². The number of rotatable bonds is 3. The largest absolute Gasteiger partial charge is 0.324 e. The Hall–Kier alpha value is -2.72. The van der Waals surface area contributed by atoms with Crippen LogP contribution in [0.15, 0.2) is 66.3 Å². The first-order valence-electron chi connectivity index (χ1n) is 7.39. The molecule has 0 radical (unpaired) electrons. The van der Waals surface area contributed by atoms with Crippen LogP contribution in [-0.2, 0) is 11.2 Å². The lowest BCUT2D eigenvalue weighted by atomic mass is 10.1. The third kappa shape index (κ3) is 2.69. The molecule has 112 valence electrons. The summed E-state index contributed by atoms with van der Waals surface area (Å²) in [5.41, 5.74) is 1.82. The first-order valence-corrected chi connectivity index (χ1v) is 8.27. The Labute approximate surface area is 137 Å². The molecule has 0 aliphatic carbocycles. The van der Waals surface area contributed by atoms with Gasteiger partial charge in [-0.25, -0.2) is 0 Å². The summed E-state index contributed by atoms with van der Waals surface area (Å²) in [6.45, 7) is 0. The van der Waals surface area contributed by atoms with Gasteiger partial charge in [-0.1, -0.05) is 42.5 Å². The van der Waals surface area contributed by atoms with Gasteiger partial charge in [0.15, 0.2) is 0 Å². The lowest BCUT2D eigenvalue weighted by Gasteiger charge is -2.08. The maximum absolute atomic E-state index is 12.4. The number of carbonyl (C=O) groups excluding carboxylic acids is 1. The molecule has 0 saturated carbocycles. The Morgan fingerprint density at radius 1 is 1.00 bits per heavy atom. The molecule has 0 bridgehead atoms. The monoisotopic (exact) mass is 318 g/mol. The fourth-order valence-corrected chi connectivity index (χ4v) is 3.72. The lowest BCUT2D eigenvalue weighted by Crippen LogP contribution is -2.14. The van der Waals surface area contributed by atoms with Crippen molar-refractivity contribution in [1.29, 1.82) is 0 Å². The van der Waals surface area contributed by atoms with Gasteiger partial charge in [0.05, 0.1) is 18.3 Å². The van der Waals surface area contributed by atoms with Gasteiger partial charge in [-0.3, -0.25) is 9.78 Å². The van der Waals surface area contributed by atoms with Crippen LogP contribution < -0.4 is 5.32 Å². The van der Waals surface area contributed by atoms with Gasteiger partial charge in [0, 0.05) is 21.7 Å². The number of nitrogens with one attached hydrogen (secondary N) is 1. The number of hydrogen-bond acceptors (Lipinski definition) is 3. The molecule has 4 aromatic rings. The van der Waals surface area contributed by atoms with Crippen molar-refractivity contribution in [2.24, 2.45) is 0 Å². The average Bonchev–Trinajstić information content (AvgIpc) is 2.98. The number of pyridine rings is 1. The van der Waals surface area contributed by atoms with Crippen molar-refractivity contribution in [3.05, 3.63) is 71.9 Å². The minimum atomic E-state index is -0.0216. The lowest BCUT2D eigenvalue weighted by molar-refractivity contribution is -0.115. The third-order valence-electron chi connectivity index (χ3n) is 3.85. The summed E-state index contributed by atoms with van der Waals surface area (Å²) < 4.78 is 1.21. The summed E-state index contributed by atoms with van der Waals surface area (Å²) in [5, 5.41) is 8.23. The van der Waals surface area contributed by atoms with Crippen LogP contribution in [0.25, 0.3) is 20.9 Å². The molecule has 1 amide bonds. The van der Waals surface area contributed by atoms with E-state index in [2.05, 4.69) is 27.8 Å². The van der Waals surface area contributed by atoms with Gasteiger partial charge in [-0.2, -0.15) is 0 Å². The molecule has 1 N–H and O–H groups in total. The molecule has 4 heteroatoms. The molecule has 4 rings (SSSR count). The Balaban J connectivity index is 1.60. The maximum Gasteiger partial charge on any atom is 0.228 e. The van der Waals surface area contributed by atoms with E-state index in [4.69, 9.17) is 0 Å². The molecule has 0 saturated heterocycles. The quantitative estimate of drug-likeness (QED) is 0.598. The highest BCUT2D eigenvalue weighted by molar-refractivity contribution is 7.17. The van der Waals surface area contributed by atoms with Gasteiger partial charge in [0.2, 0.25) is 5.91 Å². The average molecular weight is 318 g/mol. The first kappa shape index (κ1) is 13.9. The van der Waals surface area contributed by atoms with Crippen molar-refractivity contribution >= 4 is 43.8 Å². The van der Waals surface area contributed by atoms with Gasteiger partial charge in [-0.15, -0.1) is 11.3 Å². The highest BCUT2D eigenvalue weighted by Gasteiger charge is 2.10. The zero-order valence-corrected chi connectivity index (χ0v) is 13.1. The summed E-state index contributed by atoms with van der Waals surface area (Å²) in [4.78, 5) is 16.6. The van der Waals surface area contributed by atoms with E-state index < -0.39 is 0 Å². The summed E-state index contributed by atoms with van der Waals surface area (Å²) >= 11 is 1.67. The number of amides is 1. The molecule has 2 heterocycles. The summed E-state index contributed by atoms with van der Waals surface area (Å²) in [6.07, 6.45) is 3.87. The van der Waals surface area contributed by atoms with Crippen molar-refractivity contribution in [2.75, 3.05) is 5.32 Å². The van der Waals surface area contributed by atoms with Crippen molar-refractivity contribution in [2.45, 2.75) is 6.42 Å². The maximum atomic E-state index is 12.4. The molecule has 0 spiro atoms. The molecule has 0 unspecified atom stereocenters. The van der Waals surface area contributed by atoms with Crippen LogP contribution in [0.1, 0.15) is 5.56 Å².